The van der Waals surface area contributed by atoms with Gasteiger partial charge in [-0.1, -0.05) is 24.2 Å². The highest BCUT2D eigenvalue weighted by Gasteiger charge is 2.37. The van der Waals surface area contributed by atoms with Crippen molar-refractivity contribution in [3.8, 4) is 0 Å². The minimum Gasteiger partial charge on any atom is -0.346 e. The average Bonchev–Trinajstić information content (AvgIpc) is 3.39. The predicted molar refractivity (Wildman–Crippen MR) is 95.6 cm³/mol. The molecule has 0 aromatic carbocycles. The smallest absolute Gasteiger partial charge is 0.312 e. The Hall–Kier alpha value is -1.77. The topological polar surface area (TPSA) is 69.6 Å². The van der Waals surface area contributed by atoms with Gasteiger partial charge in [-0.05, 0) is 19.3 Å². The van der Waals surface area contributed by atoms with Crippen molar-refractivity contribution >= 4 is 28.3 Å². The van der Waals surface area contributed by atoms with Gasteiger partial charge < -0.3 is 14.7 Å². The maximum Gasteiger partial charge on any atom is 0.312 e. The van der Waals surface area contributed by atoms with Gasteiger partial charge in [-0.3, -0.25) is 14.0 Å². The Morgan fingerprint density at radius 2 is 1.85 bits per heavy atom. The number of amides is 2. The van der Waals surface area contributed by atoms with Crippen molar-refractivity contribution < 1.29 is 14.0 Å². The highest BCUT2D eigenvalue weighted by atomic mass is 32.1. The second-order valence-corrected chi connectivity index (χ2v) is 8.44. The van der Waals surface area contributed by atoms with Gasteiger partial charge in [0.05, 0.1) is 13.2 Å². The molecule has 3 aliphatic rings. The first-order valence-corrected chi connectivity index (χ1v) is 10.2. The van der Waals surface area contributed by atoms with E-state index < -0.39 is 5.91 Å². The van der Waals surface area contributed by atoms with Crippen LogP contribution in [0.15, 0.2) is 0 Å². The molecule has 1 saturated carbocycles. The van der Waals surface area contributed by atoms with E-state index in [2.05, 4.69) is 15.1 Å². The number of hydrogen-bond acceptors (Lipinski definition) is 6. The molecule has 0 spiro atoms. The van der Waals surface area contributed by atoms with Gasteiger partial charge in [-0.2, -0.15) is 0 Å². The van der Waals surface area contributed by atoms with E-state index in [1.54, 1.807) is 9.80 Å². The van der Waals surface area contributed by atoms with Gasteiger partial charge in [0.1, 0.15) is 5.01 Å². The van der Waals surface area contributed by atoms with Crippen LogP contribution in [-0.4, -0.2) is 70.7 Å². The summed E-state index contributed by atoms with van der Waals surface area (Å²) in [6, 6.07) is 0.236. The summed E-state index contributed by atoms with van der Waals surface area (Å²) in [4.78, 5) is 30.3. The molecule has 142 valence electrons. The molecule has 1 aliphatic carbocycles. The third-order valence-electron chi connectivity index (χ3n) is 5.66. The molecule has 4 rings (SSSR count). The van der Waals surface area contributed by atoms with Gasteiger partial charge >= 0.3 is 11.8 Å². The van der Waals surface area contributed by atoms with Crippen LogP contribution in [-0.2, 0) is 16.1 Å². The molecule has 1 aromatic rings. The van der Waals surface area contributed by atoms with Gasteiger partial charge in [0, 0.05) is 38.1 Å². The summed E-state index contributed by atoms with van der Waals surface area (Å²) in [7, 11) is 0. The maximum atomic E-state index is 12.8. The Morgan fingerprint density at radius 1 is 1.04 bits per heavy atom. The van der Waals surface area contributed by atoms with E-state index in [0.717, 1.165) is 48.8 Å². The molecule has 26 heavy (non-hydrogen) atoms. The summed E-state index contributed by atoms with van der Waals surface area (Å²) >= 11 is 1.43. The summed E-state index contributed by atoms with van der Waals surface area (Å²) in [5, 5.41) is 9.87. The highest BCUT2D eigenvalue weighted by Crippen LogP contribution is 2.29. The van der Waals surface area contributed by atoms with Crippen molar-refractivity contribution in [2.45, 2.75) is 44.7 Å². The second kappa shape index (κ2) is 7.46. The molecule has 7 nitrogen and oxygen atoms in total. The first-order valence-electron chi connectivity index (χ1n) is 9.39. The van der Waals surface area contributed by atoms with Crippen LogP contribution >= 0.6 is 11.3 Å². The van der Waals surface area contributed by atoms with Gasteiger partial charge in [-0.25, -0.2) is 0 Å². The summed E-state index contributed by atoms with van der Waals surface area (Å²) in [6.07, 6.45) is 5.13. The van der Waals surface area contributed by atoms with Gasteiger partial charge in [-0.15, -0.1) is 10.2 Å². The molecular formula is C17H24FN5O2S. The minimum absolute atomic E-state index is 0.0743. The zero-order valence-corrected chi connectivity index (χ0v) is 15.6. The highest BCUT2D eigenvalue weighted by molar-refractivity contribution is 7.15. The molecule has 0 N–H and O–H groups in total. The number of carbonyl (C=O) groups excluding carboxylic acids is 2. The molecule has 0 radical (unpaired) electrons. The molecule has 2 saturated heterocycles. The van der Waals surface area contributed by atoms with Crippen molar-refractivity contribution in [3.05, 3.63) is 5.01 Å². The lowest BCUT2D eigenvalue weighted by atomic mass is 10.1. The van der Waals surface area contributed by atoms with Crippen molar-refractivity contribution in [3.63, 3.8) is 0 Å². The van der Waals surface area contributed by atoms with E-state index in [-0.39, 0.29) is 24.5 Å². The number of rotatable bonds is 5. The van der Waals surface area contributed by atoms with Crippen LogP contribution in [0.1, 0.15) is 37.1 Å². The van der Waals surface area contributed by atoms with Crippen LogP contribution in [0.25, 0.3) is 0 Å². The van der Waals surface area contributed by atoms with Crippen molar-refractivity contribution in [2.24, 2.45) is 5.92 Å². The number of nitrogens with zero attached hydrogens (tertiary/aromatic N) is 5. The molecule has 3 heterocycles. The Morgan fingerprint density at radius 3 is 2.58 bits per heavy atom. The van der Waals surface area contributed by atoms with Crippen molar-refractivity contribution in [2.75, 3.05) is 37.8 Å². The second-order valence-electron chi connectivity index (χ2n) is 7.40. The van der Waals surface area contributed by atoms with Crippen molar-refractivity contribution in [1.29, 1.82) is 0 Å². The van der Waals surface area contributed by atoms with E-state index in [4.69, 9.17) is 0 Å². The molecule has 2 amide bonds. The SMILES string of the molecule is O=C1C(=O)N(C2CCCC2)CCN1Cc1nnc(N2CC[C@H](CF)C2)s1. The number of piperazine rings is 1. The number of aromatic nitrogens is 2. The zero-order chi connectivity index (χ0) is 18.1. The molecular weight excluding hydrogens is 357 g/mol. The van der Waals surface area contributed by atoms with Crippen LogP contribution in [0.2, 0.25) is 0 Å². The summed E-state index contributed by atoms with van der Waals surface area (Å²) in [5.74, 6) is -0.734. The average molecular weight is 381 g/mol. The Labute approximate surface area is 156 Å². The van der Waals surface area contributed by atoms with Crippen LogP contribution in [0.4, 0.5) is 9.52 Å². The summed E-state index contributed by atoms with van der Waals surface area (Å²) < 4.78 is 12.8. The lowest BCUT2D eigenvalue weighted by molar-refractivity contribution is -0.158. The van der Waals surface area contributed by atoms with E-state index in [1.807, 2.05) is 0 Å². The van der Waals surface area contributed by atoms with E-state index in [0.29, 0.717) is 26.2 Å². The first kappa shape index (κ1) is 17.6. The predicted octanol–water partition coefficient (Wildman–Crippen LogP) is 1.45. The number of halogens is 1. The lowest BCUT2D eigenvalue weighted by Crippen LogP contribution is -2.56. The largest absolute Gasteiger partial charge is 0.346 e. The van der Waals surface area contributed by atoms with Crippen LogP contribution in [0.3, 0.4) is 0 Å². The molecule has 2 aliphatic heterocycles. The summed E-state index contributed by atoms with van der Waals surface area (Å²) in [6.45, 7) is 2.63. The minimum atomic E-state index is -0.432. The van der Waals surface area contributed by atoms with Gasteiger partial charge in [0.25, 0.3) is 0 Å². The van der Waals surface area contributed by atoms with Crippen molar-refractivity contribution in [1.82, 2.24) is 20.0 Å². The van der Waals surface area contributed by atoms with E-state index >= 15 is 0 Å². The molecule has 0 bridgehead atoms. The standard InChI is InChI=1S/C17H24FN5O2S/c18-9-12-5-6-22(10-12)17-20-19-14(26-17)11-21-7-8-23(16(25)15(21)24)13-3-1-2-4-13/h12-13H,1-11H2/t12-/m1/s1. The van der Waals surface area contributed by atoms with Crippen LogP contribution in [0.5, 0.6) is 0 Å². The Kier molecular flexibility index (Phi) is 5.06. The number of anilines is 1. The lowest BCUT2D eigenvalue weighted by Gasteiger charge is -2.36. The molecule has 1 aromatic heterocycles. The monoisotopic (exact) mass is 381 g/mol. The summed E-state index contributed by atoms with van der Waals surface area (Å²) in [5.41, 5.74) is 0. The van der Waals surface area contributed by atoms with Gasteiger partial charge in [0.15, 0.2) is 0 Å². The normalized spacial score (nSPS) is 25.0. The van der Waals surface area contributed by atoms with Crippen LogP contribution < -0.4 is 4.90 Å². The molecule has 0 unspecified atom stereocenters. The molecule has 1 atom stereocenters. The van der Waals surface area contributed by atoms with Crippen LogP contribution in [0, 0.1) is 5.92 Å². The first-order chi connectivity index (χ1) is 12.7. The maximum absolute atomic E-state index is 12.8. The number of carbonyl (C=O) groups is 2. The fourth-order valence-electron chi connectivity index (χ4n) is 4.14. The third kappa shape index (κ3) is 3.41. The fourth-order valence-corrected chi connectivity index (χ4v) is 5.03. The number of hydrogen-bond donors (Lipinski definition) is 0. The van der Waals surface area contributed by atoms with E-state index in [9.17, 15) is 14.0 Å². The fraction of sp³-hybridized carbons (Fsp3) is 0.765. The zero-order valence-electron chi connectivity index (χ0n) is 14.8. The molecule has 9 heteroatoms. The van der Waals surface area contributed by atoms with E-state index in [1.165, 1.54) is 11.3 Å². The molecule has 3 fully saturated rings. The Bertz CT molecular complexity index is 678. The third-order valence-corrected chi connectivity index (χ3v) is 6.63. The quantitative estimate of drug-likeness (QED) is 0.722. The van der Waals surface area contributed by atoms with Gasteiger partial charge in [0.2, 0.25) is 5.13 Å². The number of alkyl halides is 1. The Balaban J connectivity index is 1.36.